The standard InChI is InChI=1S/C13H12BrNO2S/c14-10-18(16,17)15-13-8-6-12(7-9-13)11-4-2-1-3-5-11/h1-9,15H,10H2. The molecule has 0 spiro atoms. The molecule has 0 amide bonds. The minimum atomic E-state index is -3.28. The van der Waals surface area contributed by atoms with E-state index in [4.69, 9.17) is 0 Å². The zero-order chi connectivity index (χ0) is 13.0. The zero-order valence-corrected chi connectivity index (χ0v) is 11.9. The maximum absolute atomic E-state index is 11.4. The number of anilines is 1. The van der Waals surface area contributed by atoms with Gasteiger partial charge in [-0.1, -0.05) is 58.4 Å². The van der Waals surface area contributed by atoms with Crippen molar-refractivity contribution in [2.75, 3.05) is 9.38 Å². The summed E-state index contributed by atoms with van der Waals surface area (Å²) in [6.07, 6.45) is 0. The number of hydrogen-bond donors (Lipinski definition) is 1. The van der Waals surface area contributed by atoms with Crippen LogP contribution in [0.25, 0.3) is 11.1 Å². The van der Waals surface area contributed by atoms with Gasteiger partial charge >= 0.3 is 0 Å². The van der Waals surface area contributed by atoms with Crippen molar-refractivity contribution >= 4 is 31.6 Å². The minimum Gasteiger partial charge on any atom is -0.283 e. The number of benzene rings is 2. The summed E-state index contributed by atoms with van der Waals surface area (Å²) in [5, 5.41) is 0. The van der Waals surface area contributed by atoms with Crippen LogP contribution >= 0.6 is 15.9 Å². The quantitative estimate of drug-likeness (QED) is 0.875. The Morgan fingerprint density at radius 3 is 2.00 bits per heavy atom. The van der Waals surface area contributed by atoms with E-state index in [9.17, 15) is 8.42 Å². The zero-order valence-electron chi connectivity index (χ0n) is 9.51. The van der Waals surface area contributed by atoms with Crippen LogP contribution in [0.1, 0.15) is 0 Å². The maximum Gasteiger partial charge on any atom is 0.242 e. The van der Waals surface area contributed by atoms with E-state index >= 15 is 0 Å². The SMILES string of the molecule is O=S(=O)(CBr)Nc1ccc(-c2ccccc2)cc1. The van der Waals surface area contributed by atoms with E-state index in [0.717, 1.165) is 11.1 Å². The monoisotopic (exact) mass is 325 g/mol. The molecule has 3 nitrogen and oxygen atoms in total. The van der Waals surface area contributed by atoms with Crippen LogP contribution in [0.5, 0.6) is 0 Å². The van der Waals surface area contributed by atoms with Crippen LogP contribution in [0.15, 0.2) is 54.6 Å². The molecule has 5 heteroatoms. The summed E-state index contributed by atoms with van der Waals surface area (Å²) in [6, 6.07) is 17.2. The molecule has 2 aromatic carbocycles. The molecule has 18 heavy (non-hydrogen) atoms. The van der Waals surface area contributed by atoms with Gasteiger partial charge in [-0.15, -0.1) is 0 Å². The van der Waals surface area contributed by atoms with Crippen molar-refractivity contribution in [3.63, 3.8) is 0 Å². The number of rotatable bonds is 4. The third-order valence-corrected chi connectivity index (χ3v) is 5.05. The maximum atomic E-state index is 11.4. The molecule has 0 unspecified atom stereocenters. The minimum absolute atomic E-state index is 0.111. The molecule has 0 fully saturated rings. The van der Waals surface area contributed by atoms with Crippen molar-refractivity contribution in [2.45, 2.75) is 0 Å². The molecule has 0 aliphatic carbocycles. The van der Waals surface area contributed by atoms with Gasteiger partial charge in [0.1, 0.15) is 4.66 Å². The Morgan fingerprint density at radius 1 is 0.889 bits per heavy atom. The van der Waals surface area contributed by atoms with Gasteiger partial charge < -0.3 is 0 Å². The molecule has 94 valence electrons. The number of alkyl halides is 1. The largest absolute Gasteiger partial charge is 0.283 e. The molecule has 0 atom stereocenters. The van der Waals surface area contributed by atoms with Crippen LogP contribution < -0.4 is 4.72 Å². The first kappa shape index (κ1) is 13.1. The van der Waals surface area contributed by atoms with Crippen LogP contribution in [-0.2, 0) is 10.0 Å². The van der Waals surface area contributed by atoms with Crippen LogP contribution in [0.3, 0.4) is 0 Å². The molecule has 0 aromatic heterocycles. The fraction of sp³-hybridized carbons (Fsp3) is 0.0769. The molecule has 0 bridgehead atoms. The topological polar surface area (TPSA) is 46.2 Å². The summed E-state index contributed by atoms with van der Waals surface area (Å²) >= 11 is 2.93. The van der Waals surface area contributed by atoms with Crippen LogP contribution in [0.4, 0.5) is 5.69 Å². The van der Waals surface area contributed by atoms with Crippen LogP contribution in [0.2, 0.25) is 0 Å². The first-order valence-corrected chi connectivity index (χ1v) is 8.10. The van der Waals surface area contributed by atoms with Crippen LogP contribution in [-0.4, -0.2) is 13.1 Å². The van der Waals surface area contributed by atoms with Gasteiger partial charge in [0.05, 0.1) is 0 Å². The average molecular weight is 326 g/mol. The van der Waals surface area contributed by atoms with Gasteiger partial charge in [0.15, 0.2) is 0 Å². The van der Waals surface area contributed by atoms with Crippen molar-refractivity contribution in [3.8, 4) is 11.1 Å². The van der Waals surface area contributed by atoms with Gasteiger partial charge in [-0.2, -0.15) is 0 Å². The lowest BCUT2D eigenvalue weighted by atomic mass is 10.1. The fourth-order valence-electron chi connectivity index (χ4n) is 1.57. The number of nitrogens with one attached hydrogen (secondary N) is 1. The summed E-state index contributed by atoms with van der Waals surface area (Å²) in [6.45, 7) is 0. The molecular weight excluding hydrogens is 314 g/mol. The molecule has 1 N–H and O–H groups in total. The van der Waals surface area contributed by atoms with Gasteiger partial charge in [0.2, 0.25) is 10.0 Å². The summed E-state index contributed by atoms with van der Waals surface area (Å²) in [5.41, 5.74) is 2.72. The van der Waals surface area contributed by atoms with Crippen molar-refractivity contribution in [2.24, 2.45) is 0 Å². The molecule has 0 aliphatic rings. The van der Waals surface area contributed by atoms with Crippen molar-refractivity contribution in [3.05, 3.63) is 54.6 Å². The molecular formula is C13H12BrNO2S. The smallest absolute Gasteiger partial charge is 0.242 e. The molecule has 2 aromatic rings. The highest BCUT2D eigenvalue weighted by Crippen LogP contribution is 2.21. The highest BCUT2D eigenvalue weighted by Gasteiger charge is 2.07. The Hall–Kier alpha value is -1.33. The van der Waals surface area contributed by atoms with Crippen LogP contribution in [0, 0.1) is 0 Å². The lowest BCUT2D eigenvalue weighted by Gasteiger charge is -2.06. The lowest BCUT2D eigenvalue weighted by Crippen LogP contribution is -2.12. The highest BCUT2D eigenvalue weighted by atomic mass is 79.9. The normalized spacial score (nSPS) is 11.2. The average Bonchev–Trinajstić information content (AvgIpc) is 2.40. The van der Waals surface area contributed by atoms with E-state index in [1.54, 1.807) is 12.1 Å². The highest BCUT2D eigenvalue weighted by molar-refractivity contribution is 9.10. The van der Waals surface area contributed by atoms with Gasteiger partial charge in [0, 0.05) is 5.69 Å². The summed E-state index contributed by atoms with van der Waals surface area (Å²) < 4.78 is 25.1. The van der Waals surface area contributed by atoms with E-state index in [2.05, 4.69) is 20.7 Å². The Labute approximate surface area is 115 Å². The van der Waals surface area contributed by atoms with Crippen molar-refractivity contribution in [1.29, 1.82) is 0 Å². The summed E-state index contributed by atoms with van der Waals surface area (Å²) in [7, 11) is -3.28. The van der Waals surface area contributed by atoms with E-state index < -0.39 is 10.0 Å². The molecule has 0 radical (unpaired) electrons. The van der Waals surface area contributed by atoms with E-state index in [-0.39, 0.29) is 4.66 Å². The lowest BCUT2D eigenvalue weighted by molar-refractivity contribution is 0.606. The molecule has 2 rings (SSSR count). The molecule has 0 aliphatic heterocycles. The van der Waals surface area contributed by atoms with Crippen molar-refractivity contribution in [1.82, 2.24) is 0 Å². The van der Waals surface area contributed by atoms with E-state index in [1.165, 1.54) is 0 Å². The Morgan fingerprint density at radius 2 is 1.44 bits per heavy atom. The predicted octanol–water partition coefficient (Wildman–Crippen LogP) is 3.45. The van der Waals surface area contributed by atoms with Crippen molar-refractivity contribution < 1.29 is 8.42 Å². The predicted molar refractivity (Wildman–Crippen MR) is 78.2 cm³/mol. The summed E-state index contributed by atoms with van der Waals surface area (Å²) in [4.78, 5) is 0. The van der Waals surface area contributed by atoms with Gasteiger partial charge in [-0.25, -0.2) is 8.42 Å². The third kappa shape index (κ3) is 3.34. The van der Waals surface area contributed by atoms with E-state index in [1.807, 2.05) is 42.5 Å². The number of sulfonamides is 1. The molecule has 0 saturated carbocycles. The van der Waals surface area contributed by atoms with Gasteiger partial charge in [-0.3, -0.25) is 4.72 Å². The Balaban J connectivity index is 2.21. The van der Waals surface area contributed by atoms with Gasteiger partial charge in [0.25, 0.3) is 0 Å². The fourth-order valence-corrected chi connectivity index (χ4v) is 2.46. The summed E-state index contributed by atoms with van der Waals surface area (Å²) in [5.74, 6) is 0. The second-order valence-electron chi connectivity index (χ2n) is 3.77. The second kappa shape index (κ2) is 5.54. The number of hydrogen-bond acceptors (Lipinski definition) is 2. The third-order valence-electron chi connectivity index (χ3n) is 2.41. The molecule has 0 heterocycles. The Bertz CT molecular complexity index is 609. The Kier molecular flexibility index (Phi) is 4.04. The second-order valence-corrected chi connectivity index (χ2v) is 6.79. The first-order chi connectivity index (χ1) is 8.61. The van der Waals surface area contributed by atoms with Gasteiger partial charge in [-0.05, 0) is 23.3 Å². The van der Waals surface area contributed by atoms with E-state index in [0.29, 0.717) is 5.69 Å². The molecule has 0 saturated heterocycles. The number of halogens is 1. The first-order valence-electron chi connectivity index (χ1n) is 5.33.